The number of rotatable bonds is 9. The summed E-state index contributed by atoms with van der Waals surface area (Å²) >= 11 is 0. The zero-order valence-electron chi connectivity index (χ0n) is 11.9. The van der Waals surface area contributed by atoms with Gasteiger partial charge >= 0.3 is 23.5 Å². The summed E-state index contributed by atoms with van der Waals surface area (Å²) in [5.41, 5.74) is 0. The van der Waals surface area contributed by atoms with Crippen molar-refractivity contribution in [2.75, 3.05) is 13.2 Å². The van der Waals surface area contributed by atoms with Crippen LogP contribution in [-0.2, 0) is 36.3 Å². The van der Waals surface area contributed by atoms with Crippen molar-refractivity contribution in [3.63, 3.8) is 0 Å². The highest BCUT2D eigenvalue weighted by molar-refractivity contribution is 7.66. The van der Waals surface area contributed by atoms with Crippen LogP contribution in [0.3, 0.4) is 0 Å². The quantitative estimate of drug-likeness (QED) is 0.222. The Hall–Kier alpha value is -0.0451. The number of terminal acetylenes is 1. The zero-order chi connectivity index (χ0) is 18.6. The van der Waals surface area contributed by atoms with Crippen molar-refractivity contribution in [1.29, 1.82) is 0 Å². The minimum absolute atomic E-state index is 0.0769. The van der Waals surface area contributed by atoms with Gasteiger partial charge in [0.05, 0.1) is 12.7 Å². The second-order valence-electron chi connectivity index (χ2n) is 4.39. The third-order valence-electron chi connectivity index (χ3n) is 2.43. The van der Waals surface area contributed by atoms with E-state index in [0.717, 1.165) is 0 Å². The molecule has 0 bridgehead atoms. The molecule has 1 saturated heterocycles. The first-order valence-electron chi connectivity index (χ1n) is 6.08. The summed E-state index contributed by atoms with van der Waals surface area (Å²) in [5.74, 6) is 2.21. The third-order valence-corrected chi connectivity index (χ3v) is 6.23. The Morgan fingerprint density at radius 2 is 1.79 bits per heavy atom. The number of hydrogen-bond acceptors (Lipinski definition) is 8. The van der Waals surface area contributed by atoms with E-state index < -0.39 is 48.3 Å². The van der Waals surface area contributed by atoms with Crippen LogP contribution >= 0.6 is 23.5 Å². The standard InChI is InChI=1S/C8H14BO12P3/c1-2-3-17-6-4-8(9)19-7(6)5-18-23(13,14)21-24(15,16)20-22(10,11)12/h1,6-8H,3-5H2,(H,13,14)(H,15,16)(H2,10,11,12). The zero-order valence-corrected chi connectivity index (χ0v) is 14.6. The van der Waals surface area contributed by atoms with E-state index in [2.05, 4.69) is 19.1 Å². The number of phosphoric acid groups is 3. The Balaban J connectivity index is 2.61. The van der Waals surface area contributed by atoms with Gasteiger partial charge in [0.1, 0.15) is 20.6 Å². The molecule has 2 radical (unpaired) electrons. The van der Waals surface area contributed by atoms with E-state index in [9.17, 15) is 18.6 Å². The minimum Gasteiger partial charge on any atom is -0.380 e. The van der Waals surface area contributed by atoms with E-state index in [4.69, 9.17) is 38.4 Å². The molecular formula is C8H14BO12P3. The maximum Gasteiger partial charge on any atom is 0.490 e. The molecular weight excluding hydrogens is 392 g/mol. The van der Waals surface area contributed by atoms with Crippen LogP contribution in [-0.4, -0.2) is 58.8 Å². The number of phosphoric ester groups is 1. The summed E-state index contributed by atoms with van der Waals surface area (Å²) in [5, 5.41) is 0. The topological polar surface area (TPSA) is 178 Å². The molecule has 0 spiro atoms. The highest BCUT2D eigenvalue weighted by atomic mass is 31.3. The summed E-state index contributed by atoms with van der Waals surface area (Å²) < 4.78 is 55.1. The Morgan fingerprint density at radius 1 is 1.17 bits per heavy atom. The molecule has 0 aromatic heterocycles. The summed E-state index contributed by atoms with van der Waals surface area (Å²) in [6.07, 6.45) is 3.65. The Morgan fingerprint density at radius 3 is 2.33 bits per heavy atom. The van der Waals surface area contributed by atoms with Gasteiger partial charge in [0.2, 0.25) is 0 Å². The Bertz CT molecular complexity index is 612. The lowest BCUT2D eigenvalue weighted by molar-refractivity contribution is -0.0278. The fraction of sp³-hybridized carbons (Fsp3) is 0.750. The van der Waals surface area contributed by atoms with Crippen molar-refractivity contribution in [2.24, 2.45) is 0 Å². The highest BCUT2D eigenvalue weighted by Gasteiger charge is 2.42. The summed E-state index contributed by atoms with van der Waals surface area (Å²) in [6, 6.07) is -0.748. The summed E-state index contributed by atoms with van der Waals surface area (Å²) in [7, 11) is -10.7. The van der Waals surface area contributed by atoms with Gasteiger partial charge in [-0.2, -0.15) is 8.62 Å². The smallest absolute Gasteiger partial charge is 0.380 e. The molecule has 16 heteroatoms. The fourth-order valence-electron chi connectivity index (χ4n) is 1.70. The molecule has 0 saturated carbocycles. The molecule has 24 heavy (non-hydrogen) atoms. The predicted octanol–water partition coefficient (Wildman–Crippen LogP) is -0.368. The van der Waals surface area contributed by atoms with Gasteiger partial charge in [-0.25, -0.2) is 13.7 Å². The third kappa shape index (κ3) is 8.36. The lowest BCUT2D eigenvalue weighted by Crippen LogP contribution is -2.29. The molecule has 136 valence electrons. The maximum absolute atomic E-state index is 11.6. The highest BCUT2D eigenvalue weighted by Crippen LogP contribution is 2.66. The molecule has 0 aromatic carbocycles. The van der Waals surface area contributed by atoms with Gasteiger partial charge in [-0.1, -0.05) is 5.92 Å². The van der Waals surface area contributed by atoms with Gasteiger partial charge in [0.15, 0.2) is 0 Å². The predicted molar refractivity (Wildman–Crippen MR) is 77.4 cm³/mol. The van der Waals surface area contributed by atoms with Crippen LogP contribution in [0.5, 0.6) is 0 Å². The Labute approximate surface area is 138 Å². The molecule has 12 nitrogen and oxygen atoms in total. The van der Waals surface area contributed by atoms with Crippen LogP contribution in [0.25, 0.3) is 0 Å². The van der Waals surface area contributed by atoms with Gasteiger partial charge in [-0.05, 0) is 6.42 Å². The van der Waals surface area contributed by atoms with Crippen LogP contribution in [0.1, 0.15) is 6.42 Å². The average molecular weight is 406 g/mol. The molecule has 5 unspecified atom stereocenters. The van der Waals surface area contributed by atoms with E-state index in [-0.39, 0.29) is 13.0 Å². The average Bonchev–Trinajstić information content (AvgIpc) is 2.70. The minimum atomic E-state index is -5.57. The fourth-order valence-corrected chi connectivity index (χ4v) is 4.73. The SMILES string of the molecule is [B]C1CC(OCC#C)C(COP(=O)(O)OP(=O)(O)OP(=O)(O)O)O1. The van der Waals surface area contributed by atoms with Gasteiger partial charge in [-0.15, -0.1) is 6.42 Å². The van der Waals surface area contributed by atoms with Crippen molar-refractivity contribution in [3.05, 3.63) is 0 Å². The lowest BCUT2D eigenvalue weighted by atomic mass is 9.96. The first-order valence-corrected chi connectivity index (χ1v) is 10.6. The monoisotopic (exact) mass is 406 g/mol. The van der Waals surface area contributed by atoms with Crippen molar-refractivity contribution in [3.8, 4) is 12.3 Å². The molecule has 5 atom stereocenters. The number of hydrogen-bond donors (Lipinski definition) is 4. The molecule has 1 fully saturated rings. The molecule has 1 aliphatic heterocycles. The maximum atomic E-state index is 11.6. The van der Waals surface area contributed by atoms with Gasteiger partial charge in [0, 0.05) is 6.00 Å². The molecule has 1 aliphatic rings. The van der Waals surface area contributed by atoms with Gasteiger partial charge < -0.3 is 29.0 Å². The second-order valence-corrected chi connectivity index (χ2v) is 8.81. The first-order chi connectivity index (χ1) is 10.8. The van der Waals surface area contributed by atoms with E-state index in [1.807, 2.05) is 0 Å². The molecule has 4 N–H and O–H groups in total. The van der Waals surface area contributed by atoms with Gasteiger partial charge in [-0.3, -0.25) is 4.52 Å². The van der Waals surface area contributed by atoms with Crippen LogP contribution in [0.15, 0.2) is 0 Å². The van der Waals surface area contributed by atoms with Crippen molar-refractivity contribution in [2.45, 2.75) is 24.6 Å². The van der Waals surface area contributed by atoms with Crippen molar-refractivity contribution >= 4 is 31.3 Å². The first kappa shape index (κ1) is 22.0. The normalized spacial score (nSPS) is 29.5. The largest absolute Gasteiger partial charge is 0.490 e. The molecule has 0 aromatic rings. The Kier molecular flexibility index (Phi) is 7.84. The summed E-state index contributed by atoms with van der Waals surface area (Å²) in [6.45, 7) is -0.723. The lowest BCUT2D eigenvalue weighted by Gasteiger charge is -2.20. The van der Waals surface area contributed by atoms with E-state index >= 15 is 0 Å². The van der Waals surface area contributed by atoms with E-state index in [0.29, 0.717) is 0 Å². The molecule has 0 aliphatic carbocycles. The van der Waals surface area contributed by atoms with Crippen LogP contribution in [0, 0.1) is 12.3 Å². The number of ether oxygens (including phenoxy) is 2. The van der Waals surface area contributed by atoms with Crippen LogP contribution in [0.4, 0.5) is 0 Å². The molecule has 1 rings (SSSR count). The second kappa shape index (κ2) is 8.56. The van der Waals surface area contributed by atoms with Crippen molar-refractivity contribution < 1.29 is 55.9 Å². The van der Waals surface area contributed by atoms with Crippen LogP contribution < -0.4 is 0 Å². The van der Waals surface area contributed by atoms with Crippen LogP contribution in [0.2, 0.25) is 0 Å². The van der Waals surface area contributed by atoms with Crippen molar-refractivity contribution in [1.82, 2.24) is 0 Å². The van der Waals surface area contributed by atoms with E-state index in [1.165, 1.54) is 0 Å². The van der Waals surface area contributed by atoms with E-state index in [1.54, 1.807) is 0 Å². The molecule has 0 amide bonds. The summed E-state index contributed by atoms with van der Waals surface area (Å²) in [4.78, 5) is 35.1. The molecule has 1 heterocycles. The van der Waals surface area contributed by atoms with Gasteiger partial charge in [0.25, 0.3) is 0 Å².